The Morgan fingerprint density at radius 3 is 2.22 bits per heavy atom. The van der Waals surface area contributed by atoms with Gasteiger partial charge in [-0.1, -0.05) is 0 Å². The van der Waals surface area contributed by atoms with E-state index in [9.17, 15) is 34.8 Å². The molecule has 5 saturated carbocycles. The van der Waals surface area contributed by atoms with Gasteiger partial charge < -0.3 is 36.4 Å². The molecule has 4 bridgehead atoms. The molecule has 2 unspecified atom stereocenters. The minimum absolute atomic E-state index is 0.0333. The molecule has 13 heteroatoms. The number of Topliss-reactive ketones (excluding diaryl/α,β-unsaturated/α-hetero) is 2. The van der Waals surface area contributed by atoms with Crippen molar-refractivity contribution < 1.29 is 34.8 Å². The summed E-state index contributed by atoms with van der Waals surface area (Å²) < 4.78 is 0. The fourth-order valence-electron chi connectivity index (χ4n) is 10.9. The number of nitrogens with two attached hydrogens (primary N) is 1. The van der Waals surface area contributed by atoms with E-state index >= 15 is 0 Å². The van der Waals surface area contributed by atoms with Gasteiger partial charge in [0.15, 0.2) is 16.5 Å². The number of benzene rings is 1. The van der Waals surface area contributed by atoms with E-state index in [0.29, 0.717) is 22.1 Å². The number of amides is 1. The Balaban J connectivity index is 1.20. The van der Waals surface area contributed by atoms with Crippen LogP contribution in [0.2, 0.25) is 0 Å². The maximum absolute atomic E-state index is 14.3. The van der Waals surface area contributed by atoms with Crippen LogP contribution in [0.5, 0.6) is 5.75 Å². The van der Waals surface area contributed by atoms with E-state index < -0.39 is 58.0 Å². The largest absolute Gasteiger partial charge is 0.508 e. The zero-order chi connectivity index (χ0) is 34.9. The average molecular weight is 690 g/mol. The van der Waals surface area contributed by atoms with Gasteiger partial charge in [0, 0.05) is 42.1 Å². The molecule has 0 radical (unpaired) electrons. The first kappa shape index (κ1) is 32.3. The molecular formula is C36H43N5O7S. The van der Waals surface area contributed by atoms with E-state index in [1.54, 1.807) is 20.2 Å². The molecule has 0 spiro atoms. The van der Waals surface area contributed by atoms with Crippen molar-refractivity contribution >= 4 is 51.1 Å². The highest BCUT2D eigenvalue weighted by Gasteiger charge is 2.64. The molecule has 1 aromatic carbocycles. The van der Waals surface area contributed by atoms with Gasteiger partial charge in [-0.05, 0) is 101 Å². The van der Waals surface area contributed by atoms with Crippen LogP contribution in [-0.4, -0.2) is 87.6 Å². The number of hydrogen-bond acceptors (Lipinski definition) is 12. The number of carbonyl (C=O) groups excluding carboxylic acids is 3. The number of aromatic hydroxyl groups is 1. The van der Waals surface area contributed by atoms with Crippen LogP contribution in [0.15, 0.2) is 28.4 Å². The predicted molar refractivity (Wildman–Crippen MR) is 184 cm³/mol. The van der Waals surface area contributed by atoms with Crippen molar-refractivity contribution in [3.8, 4) is 5.75 Å². The SMILES string of the molecule is CN(C)c1cc(Nc2nc(C34CC5CC(CC(C5)C3)C4)cs2)c(O)c2c1CC1CC3[C@H](N(C)C)C(=O)C(C(N)=O)=C(O)[C@@]3(O)C(=O)C1=C2O. The lowest BCUT2D eigenvalue weighted by molar-refractivity contribution is -0.153. The molecule has 5 fully saturated rings. The molecule has 7 aliphatic rings. The van der Waals surface area contributed by atoms with Crippen LogP contribution < -0.4 is 16.0 Å². The summed E-state index contributed by atoms with van der Waals surface area (Å²) in [6, 6.07) is 0.673. The maximum atomic E-state index is 14.3. The Labute approximate surface area is 288 Å². The lowest BCUT2D eigenvalue weighted by atomic mass is 9.49. The highest BCUT2D eigenvalue weighted by molar-refractivity contribution is 7.13. The van der Waals surface area contributed by atoms with Gasteiger partial charge in [-0.25, -0.2) is 4.98 Å². The number of nitrogens with one attached hydrogen (secondary N) is 1. The number of aliphatic hydroxyl groups is 3. The topological polar surface area (TPSA) is 190 Å². The molecule has 7 aliphatic carbocycles. The van der Waals surface area contributed by atoms with Crippen molar-refractivity contribution in [1.29, 1.82) is 0 Å². The van der Waals surface area contributed by atoms with Crippen LogP contribution >= 0.6 is 11.3 Å². The van der Waals surface area contributed by atoms with E-state index in [4.69, 9.17) is 10.7 Å². The lowest BCUT2D eigenvalue weighted by Crippen LogP contribution is -2.65. The number of thiazole rings is 1. The molecule has 260 valence electrons. The van der Waals surface area contributed by atoms with Crippen molar-refractivity contribution in [2.45, 2.75) is 68.4 Å². The number of rotatable bonds is 6. The first-order valence-corrected chi connectivity index (χ1v) is 18.0. The Hall–Kier alpha value is -3.94. The van der Waals surface area contributed by atoms with Crippen LogP contribution in [0, 0.1) is 29.6 Å². The number of anilines is 3. The van der Waals surface area contributed by atoms with E-state index in [1.165, 1.54) is 54.8 Å². The number of ketones is 2. The minimum atomic E-state index is -2.69. The summed E-state index contributed by atoms with van der Waals surface area (Å²) in [5.74, 6) is -4.43. The number of phenols is 1. The molecule has 4 atom stereocenters. The highest BCUT2D eigenvalue weighted by atomic mass is 32.1. The van der Waals surface area contributed by atoms with Gasteiger partial charge in [-0.2, -0.15) is 0 Å². The summed E-state index contributed by atoms with van der Waals surface area (Å²) in [4.78, 5) is 48.4. The van der Waals surface area contributed by atoms with Crippen LogP contribution in [0.4, 0.5) is 16.5 Å². The van der Waals surface area contributed by atoms with Crippen molar-refractivity contribution in [3.63, 3.8) is 0 Å². The molecule has 0 aliphatic heterocycles. The molecule has 1 amide bonds. The number of likely N-dealkylation sites (N-methyl/N-ethyl adjacent to an activating group) is 1. The second-order valence-corrected chi connectivity index (χ2v) is 16.7. The Bertz CT molecular complexity index is 1860. The van der Waals surface area contributed by atoms with Crippen LogP contribution in [0.3, 0.4) is 0 Å². The summed E-state index contributed by atoms with van der Waals surface area (Å²) in [5, 5.41) is 52.8. The highest BCUT2D eigenvalue weighted by Crippen LogP contribution is 2.61. The number of primary amides is 1. The second-order valence-electron chi connectivity index (χ2n) is 15.9. The average Bonchev–Trinajstić information content (AvgIpc) is 3.49. The normalized spacial score (nSPS) is 34.7. The standard InChI is InChI=1S/C36H43N5O7S/c1-40(2)22-10-21(38-34-39-23(14-49-34)35-11-15-5-16(12-35)7-17(6-15)13-35)28(42)25-19(22)8-18-9-20-27(41(3)4)30(44)26(33(37)47)32(46)36(20,48)31(45)24(18)29(25)43/h10,14-18,20,27,42-43,46,48H,5-9,11-13H2,1-4H3,(H2,37,47)(H,38,39)/t15?,16?,17?,18?,20?,27-,35?,36-/m0/s1. The van der Waals surface area contributed by atoms with E-state index in [1.807, 2.05) is 19.0 Å². The van der Waals surface area contributed by atoms with Crippen LogP contribution in [0.1, 0.15) is 61.8 Å². The molecule has 0 saturated heterocycles. The number of phenolic OH excluding ortho intramolecular Hbond substituents is 1. The number of fused-ring (bicyclic) bond motifs is 3. The van der Waals surface area contributed by atoms with E-state index in [0.717, 1.165) is 23.4 Å². The number of nitrogens with zero attached hydrogens (tertiary/aromatic N) is 3. The number of aliphatic hydroxyl groups excluding tert-OH is 2. The molecule has 1 heterocycles. The zero-order valence-corrected chi connectivity index (χ0v) is 28.9. The van der Waals surface area contributed by atoms with Crippen LogP contribution in [0.25, 0.3) is 5.76 Å². The fourth-order valence-corrected chi connectivity index (χ4v) is 11.7. The van der Waals surface area contributed by atoms with Gasteiger partial charge in [-0.15, -0.1) is 11.3 Å². The van der Waals surface area contributed by atoms with Crippen molar-refractivity contribution in [2.24, 2.45) is 35.3 Å². The third-order valence-electron chi connectivity index (χ3n) is 12.5. The zero-order valence-electron chi connectivity index (χ0n) is 28.1. The van der Waals surface area contributed by atoms with Crippen molar-refractivity contribution in [2.75, 3.05) is 38.4 Å². The van der Waals surface area contributed by atoms with Gasteiger partial charge in [-0.3, -0.25) is 19.3 Å². The predicted octanol–water partition coefficient (Wildman–Crippen LogP) is 3.70. The molecule has 7 N–H and O–H groups in total. The Morgan fingerprint density at radius 1 is 1.02 bits per heavy atom. The van der Waals surface area contributed by atoms with Crippen molar-refractivity contribution in [1.82, 2.24) is 9.88 Å². The maximum Gasteiger partial charge on any atom is 0.255 e. The van der Waals surface area contributed by atoms with Gasteiger partial charge in [0.2, 0.25) is 5.78 Å². The fraction of sp³-hybridized carbons (Fsp3) is 0.556. The minimum Gasteiger partial charge on any atom is -0.508 e. The smallest absolute Gasteiger partial charge is 0.255 e. The summed E-state index contributed by atoms with van der Waals surface area (Å²) in [6.07, 6.45) is 7.78. The number of aromatic nitrogens is 1. The number of hydrogen-bond donors (Lipinski definition) is 6. The van der Waals surface area contributed by atoms with E-state index in [-0.39, 0.29) is 35.1 Å². The molecular weight excluding hydrogens is 646 g/mol. The van der Waals surface area contributed by atoms with Gasteiger partial charge >= 0.3 is 0 Å². The Morgan fingerprint density at radius 2 is 1.65 bits per heavy atom. The van der Waals surface area contributed by atoms with Crippen LogP contribution in [-0.2, 0) is 26.2 Å². The van der Waals surface area contributed by atoms with Crippen molar-refractivity contribution in [3.05, 3.63) is 45.2 Å². The summed E-state index contributed by atoms with van der Waals surface area (Å²) in [5.41, 5.74) is 4.63. The molecule has 49 heavy (non-hydrogen) atoms. The summed E-state index contributed by atoms with van der Waals surface area (Å²) in [7, 11) is 6.86. The van der Waals surface area contributed by atoms with Gasteiger partial charge in [0.25, 0.3) is 5.91 Å². The molecule has 12 nitrogen and oxygen atoms in total. The van der Waals surface area contributed by atoms with Gasteiger partial charge in [0.05, 0.1) is 23.0 Å². The summed E-state index contributed by atoms with van der Waals surface area (Å²) in [6.45, 7) is 0. The lowest BCUT2D eigenvalue weighted by Gasteiger charge is -2.56. The first-order chi connectivity index (χ1) is 23.1. The quantitative estimate of drug-likeness (QED) is 0.192. The first-order valence-electron chi connectivity index (χ1n) is 17.1. The van der Waals surface area contributed by atoms with E-state index in [2.05, 4.69) is 10.7 Å². The number of carbonyl (C=O) groups is 3. The molecule has 2 aromatic rings. The second kappa shape index (κ2) is 10.8. The Kier molecular flexibility index (Phi) is 7.10. The molecule has 1 aromatic heterocycles. The molecule has 9 rings (SSSR count). The van der Waals surface area contributed by atoms with Gasteiger partial charge in [0.1, 0.15) is 22.8 Å². The third kappa shape index (κ3) is 4.47. The monoisotopic (exact) mass is 689 g/mol. The third-order valence-corrected chi connectivity index (χ3v) is 13.3. The summed E-state index contributed by atoms with van der Waals surface area (Å²) >= 11 is 1.48.